The zero-order valence-electron chi connectivity index (χ0n) is 16.3. The smallest absolute Gasteiger partial charge is 0.163 e. The van der Waals surface area contributed by atoms with Crippen LogP contribution in [0, 0.1) is 5.41 Å². The molecule has 23 heavy (non-hydrogen) atoms. The first-order valence-electron chi connectivity index (χ1n) is 9.29. The van der Waals surface area contributed by atoms with Crippen molar-refractivity contribution in [1.29, 1.82) is 0 Å². The first-order chi connectivity index (χ1) is 10.6. The zero-order chi connectivity index (χ0) is 17.6. The molecule has 0 saturated heterocycles. The lowest BCUT2D eigenvalue weighted by Crippen LogP contribution is -2.09. The zero-order valence-corrected chi connectivity index (χ0v) is 16.3. The van der Waals surface area contributed by atoms with E-state index in [1.54, 1.807) is 0 Å². The van der Waals surface area contributed by atoms with Gasteiger partial charge in [-0.05, 0) is 41.2 Å². The van der Waals surface area contributed by atoms with E-state index in [0.29, 0.717) is 29.5 Å². The lowest BCUT2D eigenvalue weighted by atomic mass is 9.84. The predicted molar refractivity (Wildman–Crippen MR) is 101 cm³/mol. The second-order valence-electron chi connectivity index (χ2n) is 8.66. The molecule has 0 aromatic heterocycles. The van der Waals surface area contributed by atoms with Gasteiger partial charge in [0.1, 0.15) is 0 Å². The van der Waals surface area contributed by atoms with Crippen molar-refractivity contribution in [3.05, 3.63) is 34.9 Å². The Morgan fingerprint density at radius 2 is 1.61 bits per heavy atom. The van der Waals surface area contributed by atoms with Gasteiger partial charge in [-0.3, -0.25) is 4.79 Å². The van der Waals surface area contributed by atoms with Crippen LogP contribution in [0.4, 0.5) is 0 Å². The minimum atomic E-state index is 0.326. The second kappa shape index (κ2) is 8.66. The Morgan fingerprint density at radius 1 is 0.957 bits per heavy atom. The van der Waals surface area contributed by atoms with Gasteiger partial charge in [-0.25, -0.2) is 0 Å². The first kappa shape index (κ1) is 19.9. The van der Waals surface area contributed by atoms with E-state index in [4.69, 9.17) is 0 Å². The Hall–Kier alpha value is -1.11. The van der Waals surface area contributed by atoms with Crippen LogP contribution in [0.25, 0.3) is 0 Å². The van der Waals surface area contributed by atoms with Crippen molar-refractivity contribution in [3.63, 3.8) is 0 Å². The average molecular weight is 317 g/mol. The van der Waals surface area contributed by atoms with Crippen molar-refractivity contribution >= 4 is 5.78 Å². The standard InChI is InChI=1S/C22H36O/c1-16(2)18-12-11-13-19(21(18)17(3)4)20(23)14-9-8-10-15-22(5,6)7/h11-13,16-17H,8-10,14-15H2,1-7H3. The Kier molecular flexibility index (Phi) is 7.51. The van der Waals surface area contributed by atoms with Gasteiger partial charge in [0, 0.05) is 12.0 Å². The molecule has 0 aliphatic rings. The highest BCUT2D eigenvalue weighted by Gasteiger charge is 2.18. The first-order valence-corrected chi connectivity index (χ1v) is 9.29. The van der Waals surface area contributed by atoms with Gasteiger partial charge in [-0.2, -0.15) is 0 Å². The molecule has 0 aliphatic carbocycles. The molecule has 0 N–H and O–H groups in total. The third-order valence-electron chi connectivity index (χ3n) is 4.47. The maximum absolute atomic E-state index is 12.7. The van der Waals surface area contributed by atoms with Crippen LogP contribution in [0.3, 0.4) is 0 Å². The fourth-order valence-electron chi connectivity index (χ4n) is 3.23. The quantitative estimate of drug-likeness (QED) is 0.369. The summed E-state index contributed by atoms with van der Waals surface area (Å²) in [5.74, 6) is 1.19. The molecule has 0 unspecified atom stereocenters. The summed E-state index contributed by atoms with van der Waals surface area (Å²) in [5.41, 5.74) is 3.96. The number of Topliss-reactive ketones (excluding diaryl/α,β-unsaturated/α-hetero) is 1. The third kappa shape index (κ3) is 6.49. The minimum Gasteiger partial charge on any atom is -0.294 e. The number of ketones is 1. The number of rotatable bonds is 8. The number of carbonyl (C=O) groups excluding carboxylic acids is 1. The molecular formula is C22H36O. The molecular weight excluding hydrogens is 280 g/mol. The predicted octanol–water partition coefficient (Wildman–Crippen LogP) is 7.11. The molecule has 0 saturated carbocycles. The van der Waals surface area contributed by atoms with E-state index < -0.39 is 0 Å². The molecule has 0 heterocycles. The molecule has 0 fully saturated rings. The maximum Gasteiger partial charge on any atom is 0.163 e. The third-order valence-corrected chi connectivity index (χ3v) is 4.47. The summed E-state index contributed by atoms with van der Waals surface area (Å²) in [6.45, 7) is 15.7. The number of carbonyl (C=O) groups is 1. The van der Waals surface area contributed by atoms with E-state index in [1.807, 2.05) is 12.1 Å². The molecule has 0 amide bonds. The molecule has 1 aromatic carbocycles. The molecule has 1 aromatic rings. The number of hydrogen-bond acceptors (Lipinski definition) is 1. The van der Waals surface area contributed by atoms with Crippen molar-refractivity contribution in [2.75, 3.05) is 0 Å². The van der Waals surface area contributed by atoms with Gasteiger partial charge in [0.15, 0.2) is 5.78 Å². The number of unbranched alkanes of at least 4 members (excludes halogenated alkanes) is 2. The van der Waals surface area contributed by atoms with Crippen molar-refractivity contribution in [1.82, 2.24) is 0 Å². The van der Waals surface area contributed by atoms with Gasteiger partial charge >= 0.3 is 0 Å². The summed E-state index contributed by atoms with van der Waals surface area (Å²) in [6, 6.07) is 6.26. The van der Waals surface area contributed by atoms with E-state index >= 15 is 0 Å². The Labute approximate surface area is 143 Å². The number of hydrogen-bond donors (Lipinski definition) is 0. The van der Waals surface area contributed by atoms with Gasteiger partial charge in [0.25, 0.3) is 0 Å². The molecule has 1 rings (SSSR count). The van der Waals surface area contributed by atoms with Crippen LogP contribution in [0.1, 0.15) is 114 Å². The van der Waals surface area contributed by atoms with Crippen LogP contribution in [0.2, 0.25) is 0 Å². The minimum absolute atomic E-state index is 0.326. The Morgan fingerprint density at radius 3 is 2.13 bits per heavy atom. The van der Waals surface area contributed by atoms with Gasteiger partial charge in [-0.15, -0.1) is 0 Å². The lowest BCUT2D eigenvalue weighted by Gasteiger charge is -2.20. The van der Waals surface area contributed by atoms with Crippen LogP contribution in [-0.2, 0) is 0 Å². The van der Waals surface area contributed by atoms with E-state index in [0.717, 1.165) is 18.4 Å². The summed E-state index contributed by atoms with van der Waals surface area (Å²) in [7, 11) is 0. The Balaban J connectivity index is 2.71. The molecule has 0 spiro atoms. The summed E-state index contributed by atoms with van der Waals surface area (Å²) >= 11 is 0. The summed E-state index contributed by atoms with van der Waals surface area (Å²) < 4.78 is 0. The van der Waals surface area contributed by atoms with Gasteiger partial charge in [0.2, 0.25) is 0 Å². The Bertz CT molecular complexity index is 503. The second-order valence-corrected chi connectivity index (χ2v) is 8.66. The van der Waals surface area contributed by atoms with Crippen LogP contribution < -0.4 is 0 Å². The van der Waals surface area contributed by atoms with Crippen LogP contribution in [0.5, 0.6) is 0 Å². The molecule has 0 bridgehead atoms. The van der Waals surface area contributed by atoms with E-state index in [9.17, 15) is 4.79 Å². The molecule has 0 radical (unpaired) electrons. The highest BCUT2D eigenvalue weighted by atomic mass is 16.1. The fourth-order valence-corrected chi connectivity index (χ4v) is 3.23. The maximum atomic E-state index is 12.7. The van der Waals surface area contributed by atoms with E-state index in [-0.39, 0.29) is 0 Å². The van der Waals surface area contributed by atoms with Crippen molar-refractivity contribution in [3.8, 4) is 0 Å². The highest BCUT2D eigenvalue weighted by molar-refractivity contribution is 5.98. The molecule has 130 valence electrons. The molecule has 0 aliphatic heterocycles. The summed E-state index contributed by atoms with van der Waals surface area (Å²) in [5, 5.41) is 0. The monoisotopic (exact) mass is 316 g/mol. The van der Waals surface area contributed by atoms with Gasteiger partial charge < -0.3 is 0 Å². The van der Waals surface area contributed by atoms with Gasteiger partial charge in [0.05, 0.1) is 0 Å². The average Bonchev–Trinajstić information content (AvgIpc) is 2.44. The van der Waals surface area contributed by atoms with E-state index in [1.165, 1.54) is 24.0 Å². The SMILES string of the molecule is CC(C)c1cccc(C(=O)CCCCCC(C)(C)C)c1C(C)C. The normalized spacial score (nSPS) is 12.2. The molecule has 0 atom stereocenters. The number of benzene rings is 1. The summed E-state index contributed by atoms with van der Waals surface area (Å²) in [6.07, 6.45) is 5.31. The fraction of sp³-hybridized carbons (Fsp3) is 0.682. The topological polar surface area (TPSA) is 17.1 Å². The molecule has 1 heteroatoms. The van der Waals surface area contributed by atoms with Crippen LogP contribution >= 0.6 is 0 Å². The van der Waals surface area contributed by atoms with Crippen LogP contribution in [-0.4, -0.2) is 5.78 Å². The van der Waals surface area contributed by atoms with Gasteiger partial charge in [-0.1, -0.05) is 79.5 Å². The lowest BCUT2D eigenvalue weighted by molar-refractivity contribution is 0.0977. The summed E-state index contributed by atoms with van der Waals surface area (Å²) in [4.78, 5) is 12.7. The van der Waals surface area contributed by atoms with Crippen molar-refractivity contribution in [2.45, 2.75) is 92.4 Å². The van der Waals surface area contributed by atoms with E-state index in [2.05, 4.69) is 54.5 Å². The molecule has 1 nitrogen and oxygen atoms in total. The highest BCUT2D eigenvalue weighted by Crippen LogP contribution is 2.30. The van der Waals surface area contributed by atoms with Crippen LogP contribution in [0.15, 0.2) is 18.2 Å². The largest absolute Gasteiger partial charge is 0.294 e. The van der Waals surface area contributed by atoms with Crippen molar-refractivity contribution < 1.29 is 4.79 Å². The van der Waals surface area contributed by atoms with Crippen molar-refractivity contribution in [2.24, 2.45) is 5.41 Å².